The second-order valence-electron chi connectivity index (χ2n) is 7.19. The molecule has 2 aliphatic heterocycles. The van der Waals surface area contributed by atoms with Gasteiger partial charge in [0.2, 0.25) is 5.95 Å². The van der Waals surface area contributed by atoms with Gasteiger partial charge >= 0.3 is 18.2 Å². The number of hydrogen-bond acceptors (Lipinski definition) is 6. The molecule has 174 valence electrons. The lowest BCUT2D eigenvalue weighted by atomic mass is 10.2. The molecule has 4 heterocycles. The summed E-state index contributed by atoms with van der Waals surface area (Å²) in [6.45, 7) is 3.31. The van der Waals surface area contributed by atoms with Crippen LogP contribution in [0.25, 0.3) is 0 Å². The lowest BCUT2D eigenvalue weighted by Crippen LogP contribution is -2.46. The van der Waals surface area contributed by atoms with Gasteiger partial charge in [-0.05, 0) is 18.9 Å². The van der Waals surface area contributed by atoms with Crippen molar-refractivity contribution in [2.24, 2.45) is 0 Å². The molecule has 14 heteroatoms. The number of rotatable bonds is 3. The highest BCUT2D eigenvalue weighted by Gasteiger charge is 2.38. The predicted octanol–water partition coefficient (Wildman–Crippen LogP) is 1.81. The SMILES string of the molecule is O=C(NCC1CN(c2ncc(F)cn2)Cc2ccnn21)N1CCCC1.O=C(O)C(F)(F)F. The van der Waals surface area contributed by atoms with Gasteiger partial charge in [-0.25, -0.2) is 23.9 Å². The molecule has 0 aromatic carbocycles. The van der Waals surface area contributed by atoms with Crippen molar-refractivity contribution in [2.75, 3.05) is 31.1 Å². The first-order valence-corrected chi connectivity index (χ1v) is 9.73. The van der Waals surface area contributed by atoms with E-state index in [-0.39, 0.29) is 12.1 Å². The number of carboxylic acids is 1. The van der Waals surface area contributed by atoms with Crippen LogP contribution in [-0.2, 0) is 11.3 Å². The Bertz CT molecular complexity index is 929. The molecule has 2 aromatic heterocycles. The van der Waals surface area contributed by atoms with Gasteiger partial charge in [0.25, 0.3) is 0 Å². The van der Waals surface area contributed by atoms with Gasteiger partial charge in [0.05, 0.1) is 30.7 Å². The Balaban J connectivity index is 0.000000360. The number of carbonyl (C=O) groups excluding carboxylic acids is 1. The first kappa shape index (κ1) is 23.2. The topological polar surface area (TPSA) is 116 Å². The lowest BCUT2D eigenvalue weighted by molar-refractivity contribution is -0.192. The molecule has 1 atom stereocenters. The number of amides is 2. The third-order valence-corrected chi connectivity index (χ3v) is 4.90. The van der Waals surface area contributed by atoms with Crippen LogP contribution in [0.15, 0.2) is 24.7 Å². The number of aromatic nitrogens is 4. The molecule has 0 saturated carbocycles. The number of anilines is 1. The average Bonchev–Trinajstić information content (AvgIpc) is 3.44. The highest BCUT2D eigenvalue weighted by molar-refractivity contribution is 5.74. The molecule has 0 radical (unpaired) electrons. The minimum Gasteiger partial charge on any atom is -0.475 e. The first-order chi connectivity index (χ1) is 15.1. The summed E-state index contributed by atoms with van der Waals surface area (Å²) in [7, 11) is 0. The molecule has 0 aliphatic carbocycles. The quantitative estimate of drug-likeness (QED) is 0.673. The van der Waals surface area contributed by atoms with E-state index in [9.17, 15) is 22.4 Å². The Hall–Kier alpha value is -3.45. The summed E-state index contributed by atoms with van der Waals surface area (Å²) in [5, 5.41) is 14.5. The molecule has 2 aliphatic rings. The van der Waals surface area contributed by atoms with Crippen LogP contribution in [0.1, 0.15) is 24.6 Å². The van der Waals surface area contributed by atoms with E-state index in [2.05, 4.69) is 20.4 Å². The van der Waals surface area contributed by atoms with E-state index in [4.69, 9.17) is 9.90 Å². The van der Waals surface area contributed by atoms with Gasteiger partial charge in [-0.3, -0.25) is 4.68 Å². The second kappa shape index (κ2) is 9.78. The van der Waals surface area contributed by atoms with Gasteiger partial charge < -0.3 is 20.2 Å². The van der Waals surface area contributed by atoms with E-state index in [1.54, 1.807) is 6.20 Å². The van der Waals surface area contributed by atoms with Crippen molar-refractivity contribution in [3.8, 4) is 0 Å². The summed E-state index contributed by atoms with van der Waals surface area (Å²) in [6.07, 6.45) is 1.13. The molecule has 4 rings (SSSR count). The van der Waals surface area contributed by atoms with E-state index in [0.29, 0.717) is 25.6 Å². The molecule has 1 fully saturated rings. The van der Waals surface area contributed by atoms with Crippen molar-refractivity contribution in [3.05, 3.63) is 36.2 Å². The molecule has 0 bridgehead atoms. The summed E-state index contributed by atoms with van der Waals surface area (Å²) in [5.74, 6) is -2.74. The van der Waals surface area contributed by atoms with Gasteiger partial charge in [-0.15, -0.1) is 0 Å². The van der Waals surface area contributed by atoms with E-state index in [1.165, 1.54) is 12.4 Å². The number of alkyl halides is 3. The number of carbonyl (C=O) groups is 2. The Labute approximate surface area is 179 Å². The number of likely N-dealkylation sites (tertiary alicyclic amines) is 1. The van der Waals surface area contributed by atoms with Crippen LogP contribution in [0.4, 0.5) is 28.3 Å². The lowest BCUT2D eigenvalue weighted by Gasteiger charge is -2.34. The molecule has 2 amide bonds. The number of halogens is 4. The molecule has 1 saturated heterocycles. The van der Waals surface area contributed by atoms with Crippen LogP contribution in [-0.4, -0.2) is 74.1 Å². The van der Waals surface area contributed by atoms with Crippen molar-refractivity contribution in [1.82, 2.24) is 30.0 Å². The van der Waals surface area contributed by atoms with Gasteiger partial charge in [0.15, 0.2) is 5.82 Å². The Morgan fingerprint density at radius 2 is 1.81 bits per heavy atom. The van der Waals surface area contributed by atoms with Crippen molar-refractivity contribution >= 4 is 17.9 Å². The molecule has 1 unspecified atom stereocenters. The summed E-state index contributed by atoms with van der Waals surface area (Å²) >= 11 is 0. The number of hydrogen-bond donors (Lipinski definition) is 2. The van der Waals surface area contributed by atoms with Crippen molar-refractivity contribution in [1.29, 1.82) is 0 Å². The Kier molecular flexibility index (Phi) is 7.10. The largest absolute Gasteiger partial charge is 0.490 e. The van der Waals surface area contributed by atoms with Crippen LogP contribution >= 0.6 is 0 Å². The first-order valence-electron chi connectivity index (χ1n) is 9.73. The normalized spacial score (nSPS) is 17.9. The molecule has 2 N–H and O–H groups in total. The third kappa shape index (κ3) is 5.82. The fourth-order valence-corrected chi connectivity index (χ4v) is 3.40. The minimum absolute atomic E-state index is 0.0265. The van der Waals surface area contributed by atoms with Gasteiger partial charge in [0, 0.05) is 32.4 Å². The standard InChI is InChI=1S/C16H20FN7O.C2HF3O2/c17-12-7-18-15(19-8-12)23-10-13-3-4-21-24(13)14(11-23)9-20-16(25)22-5-1-2-6-22;3-2(4,5)1(6)7/h3-4,7-8,14H,1-2,5-6,9-11H2,(H,20,25);(H,6,7). The van der Waals surface area contributed by atoms with Crippen molar-refractivity contribution in [2.45, 2.75) is 31.6 Å². The smallest absolute Gasteiger partial charge is 0.475 e. The van der Waals surface area contributed by atoms with E-state index >= 15 is 0 Å². The molecule has 0 spiro atoms. The summed E-state index contributed by atoms with van der Waals surface area (Å²) in [6, 6.07) is 1.88. The number of nitrogens with zero attached hydrogens (tertiary/aromatic N) is 6. The highest BCUT2D eigenvalue weighted by Crippen LogP contribution is 2.23. The number of urea groups is 1. The zero-order valence-electron chi connectivity index (χ0n) is 16.8. The maximum Gasteiger partial charge on any atom is 0.490 e. The zero-order valence-corrected chi connectivity index (χ0v) is 16.8. The number of nitrogens with one attached hydrogen (secondary N) is 1. The number of carboxylic acid groups (broad SMARTS) is 1. The maximum absolute atomic E-state index is 13.1. The molecule has 32 heavy (non-hydrogen) atoms. The summed E-state index contributed by atoms with van der Waals surface area (Å²) in [4.78, 5) is 33.1. The van der Waals surface area contributed by atoms with Crippen LogP contribution in [0, 0.1) is 5.82 Å². The highest BCUT2D eigenvalue weighted by atomic mass is 19.4. The Morgan fingerprint density at radius 1 is 1.19 bits per heavy atom. The average molecular weight is 459 g/mol. The number of fused-ring (bicyclic) bond motifs is 1. The van der Waals surface area contributed by atoms with Gasteiger partial charge in [0.1, 0.15) is 0 Å². The minimum atomic E-state index is -5.08. The maximum atomic E-state index is 13.1. The molecule has 10 nitrogen and oxygen atoms in total. The van der Waals surface area contributed by atoms with Gasteiger partial charge in [-0.1, -0.05) is 0 Å². The summed E-state index contributed by atoms with van der Waals surface area (Å²) < 4.78 is 46.7. The van der Waals surface area contributed by atoms with Crippen LogP contribution in [0.2, 0.25) is 0 Å². The van der Waals surface area contributed by atoms with Crippen molar-refractivity contribution < 1.29 is 32.3 Å². The van der Waals surface area contributed by atoms with Crippen LogP contribution < -0.4 is 10.2 Å². The predicted molar refractivity (Wildman–Crippen MR) is 102 cm³/mol. The molecular formula is C18H21F4N7O3. The zero-order chi connectivity index (χ0) is 23.3. The summed E-state index contributed by atoms with van der Waals surface area (Å²) in [5.41, 5.74) is 1.01. The van der Waals surface area contributed by atoms with Crippen molar-refractivity contribution in [3.63, 3.8) is 0 Å². The molecular weight excluding hydrogens is 438 g/mol. The molecule has 2 aromatic rings. The second-order valence-corrected chi connectivity index (χ2v) is 7.19. The Morgan fingerprint density at radius 3 is 2.41 bits per heavy atom. The monoisotopic (exact) mass is 459 g/mol. The number of aliphatic carboxylic acids is 1. The van der Waals surface area contributed by atoms with E-state index in [1.807, 2.05) is 20.5 Å². The van der Waals surface area contributed by atoms with Crippen LogP contribution in [0.3, 0.4) is 0 Å². The van der Waals surface area contributed by atoms with E-state index < -0.39 is 18.0 Å². The third-order valence-electron chi connectivity index (χ3n) is 4.90. The fraction of sp³-hybridized carbons (Fsp3) is 0.500. The van der Waals surface area contributed by atoms with Crippen LogP contribution in [0.5, 0.6) is 0 Å². The fourth-order valence-electron chi connectivity index (χ4n) is 3.40. The van der Waals surface area contributed by atoms with E-state index in [0.717, 1.165) is 31.6 Å². The van der Waals surface area contributed by atoms with Gasteiger partial charge in [-0.2, -0.15) is 18.3 Å².